The number of carbonyl (C=O) groups is 1. The summed E-state index contributed by atoms with van der Waals surface area (Å²) >= 11 is 0. The molecule has 1 spiro atoms. The van der Waals surface area contributed by atoms with Gasteiger partial charge in [-0.2, -0.15) is 17.0 Å². The lowest BCUT2D eigenvalue weighted by Crippen LogP contribution is -2.54. The van der Waals surface area contributed by atoms with Gasteiger partial charge >= 0.3 is 5.97 Å². The van der Waals surface area contributed by atoms with Gasteiger partial charge in [0.2, 0.25) is 0 Å². The van der Waals surface area contributed by atoms with Crippen LogP contribution in [0.5, 0.6) is 0 Å². The van der Waals surface area contributed by atoms with Crippen LogP contribution in [-0.2, 0) is 29.2 Å². The average molecular weight is 322 g/mol. The predicted octanol–water partition coefficient (Wildman–Crippen LogP) is -0.435. The zero-order valence-electron chi connectivity index (χ0n) is 12.4. The fraction of sp³-hybridized carbons (Fsp3) is 0.917. The van der Waals surface area contributed by atoms with E-state index in [-0.39, 0.29) is 19.5 Å². The first-order valence-electron chi connectivity index (χ1n) is 6.96. The fourth-order valence-corrected chi connectivity index (χ4v) is 3.98. The van der Waals surface area contributed by atoms with Crippen LogP contribution in [0.25, 0.3) is 0 Å². The highest BCUT2D eigenvalue weighted by Gasteiger charge is 2.44. The Morgan fingerprint density at radius 3 is 2.67 bits per heavy atom. The molecule has 0 amide bonds. The number of esters is 1. The highest BCUT2D eigenvalue weighted by molar-refractivity contribution is 7.86. The normalized spacial score (nSPS) is 22.8. The van der Waals surface area contributed by atoms with Gasteiger partial charge < -0.3 is 14.2 Å². The molecule has 2 saturated heterocycles. The molecule has 122 valence electrons. The molecule has 0 aliphatic carbocycles. The molecule has 0 aromatic carbocycles. The zero-order valence-corrected chi connectivity index (χ0v) is 13.2. The van der Waals surface area contributed by atoms with E-state index in [1.807, 2.05) is 0 Å². The second kappa shape index (κ2) is 6.57. The van der Waals surface area contributed by atoms with Crippen molar-refractivity contribution in [3.63, 3.8) is 0 Å². The van der Waals surface area contributed by atoms with E-state index in [9.17, 15) is 13.2 Å². The maximum Gasteiger partial charge on any atom is 0.306 e. The molecule has 0 aromatic rings. The summed E-state index contributed by atoms with van der Waals surface area (Å²) in [7, 11) is -0.898. The highest BCUT2D eigenvalue weighted by Crippen LogP contribution is 2.31. The summed E-state index contributed by atoms with van der Waals surface area (Å²) in [5.74, 6) is -1.23. The zero-order chi connectivity index (χ0) is 15.5. The minimum absolute atomic E-state index is 0.0260. The lowest BCUT2D eigenvalue weighted by Gasteiger charge is -2.39. The van der Waals surface area contributed by atoms with Gasteiger partial charge in [0.25, 0.3) is 10.2 Å². The molecule has 2 aliphatic heterocycles. The molecule has 2 fully saturated rings. The molecule has 2 rings (SSSR count). The molecule has 0 N–H and O–H groups in total. The Hall–Kier alpha value is -0.740. The Kier molecular flexibility index (Phi) is 5.20. The molecule has 21 heavy (non-hydrogen) atoms. The maximum absolute atomic E-state index is 12.5. The van der Waals surface area contributed by atoms with E-state index in [0.29, 0.717) is 32.6 Å². The third-order valence-electron chi connectivity index (χ3n) is 3.77. The molecule has 0 bridgehead atoms. The number of carbonyl (C=O) groups excluding carboxylic acids is 1. The summed E-state index contributed by atoms with van der Waals surface area (Å²) in [6.07, 6.45) is 1.41. The monoisotopic (exact) mass is 322 g/mol. The van der Waals surface area contributed by atoms with Crippen molar-refractivity contribution in [2.75, 3.05) is 47.0 Å². The Labute approximate surface area is 125 Å². The number of nitrogens with zero attached hydrogens (tertiary/aromatic N) is 2. The number of hydrogen-bond donors (Lipinski definition) is 0. The predicted molar refractivity (Wildman–Crippen MR) is 73.6 cm³/mol. The SMILES string of the molecule is COC(=O)CCN(C)S(=O)(=O)N1CCCC2(C1)OCCO2. The fourth-order valence-electron chi connectivity index (χ4n) is 2.54. The van der Waals surface area contributed by atoms with Gasteiger partial charge in [-0.1, -0.05) is 0 Å². The summed E-state index contributed by atoms with van der Waals surface area (Å²) in [5, 5.41) is 0. The average Bonchev–Trinajstić information content (AvgIpc) is 2.92. The first-order chi connectivity index (χ1) is 9.89. The van der Waals surface area contributed by atoms with Crippen LogP contribution < -0.4 is 0 Å². The molecule has 0 aromatic heterocycles. The Bertz CT molecular complexity index is 474. The van der Waals surface area contributed by atoms with Crippen molar-refractivity contribution in [2.24, 2.45) is 0 Å². The molecule has 2 heterocycles. The molecule has 0 atom stereocenters. The van der Waals surface area contributed by atoms with Crippen LogP contribution in [0.2, 0.25) is 0 Å². The Morgan fingerprint density at radius 1 is 1.38 bits per heavy atom. The lowest BCUT2D eigenvalue weighted by molar-refractivity contribution is -0.179. The largest absolute Gasteiger partial charge is 0.469 e. The van der Waals surface area contributed by atoms with Gasteiger partial charge in [-0.25, -0.2) is 0 Å². The molecule has 2 aliphatic rings. The van der Waals surface area contributed by atoms with Gasteiger partial charge in [0.15, 0.2) is 5.79 Å². The number of hydrogen-bond acceptors (Lipinski definition) is 6. The van der Waals surface area contributed by atoms with Crippen molar-refractivity contribution in [1.82, 2.24) is 8.61 Å². The first kappa shape index (κ1) is 16.6. The van der Waals surface area contributed by atoms with Crippen molar-refractivity contribution in [3.8, 4) is 0 Å². The first-order valence-corrected chi connectivity index (χ1v) is 8.35. The van der Waals surface area contributed by atoms with Crippen molar-refractivity contribution >= 4 is 16.2 Å². The standard InChI is InChI=1S/C12H22N2O6S/c1-13(7-4-11(15)18-2)21(16,17)14-6-3-5-12(10-14)19-8-9-20-12/h3-10H2,1-2H3. The summed E-state index contributed by atoms with van der Waals surface area (Å²) in [4.78, 5) is 11.1. The van der Waals surface area contributed by atoms with E-state index in [0.717, 1.165) is 4.31 Å². The summed E-state index contributed by atoms with van der Waals surface area (Å²) in [6.45, 7) is 1.69. The second-order valence-corrected chi connectivity index (χ2v) is 7.24. The van der Waals surface area contributed by atoms with Gasteiger partial charge in [-0.15, -0.1) is 0 Å². The van der Waals surface area contributed by atoms with Crippen molar-refractivity contribution in [3.05, 3.63) is 0 Å². The van der Waals surface area contributed by atoms with Gasteiger partial charge in [0, 0.05) is 26.6 Å². The van der Waals surface area contributed by atoms with Crippen LogP contribution in [0.1, 0.15) is 19.3 Å². The van der Waals surface area contributed by atoms with E-state index < -0.39 is 22.0 Å². The Balaban J connectivity index is 1.99. The van der Waals surface area contributed by atoms with Crippen molar-refractivity contribution in [2.45, 2.75) is 25.0 Å². The number of piperidine rings is 1. The minimum Gasteiger partial charge on any atom is -0.469 e. The topological polar surface area (TPSA) is 85.4 Å². The number of rotatable bonds is 5. The van der Waals surface area contributed by atoms with E-state index in [1.54, 1.807) is 0 Å². The van der Waals surface area contributed by atoms with Crippen LogP contribution >= 0.6 is 0 Å². The van der Waals surface area contributed by atoms with E-state index >= 15 is 0 Å². The van der Waals surface area contributed by atoms with Crippen molar-refractivity contribution in [1.29, 1.82) is 0 Å². The highest BCUT2D eigenvalue weighted by atomic mass is 32.2. The molecular formula is C12H22N2O6S. The molecule has 9 heteroatoms. The van der Waals surface area contributed by atoms with E-state index in [4.69, 9.17) is 9.47 Å². The quantitative estimate of drug-likeness (QED) is 0.638. The second-order valence-electron chi connectivity index (χ2n) is 5.20. The maximum atomic E-state index is 12.5. The number of methoxy groups -OCH3 is 1. The van der Waals surface area contributed by atoms with Crippen LogP contribution in [0, 0.1) is 0 Å². The van der Waals surface area contributed by atoms with Gasteiger partial charge in [0.05, 0.1) is 33.3 Å². The van der Waals surface area contributed by atoms with E-state index in [2.05, 4.69) is 4.74 Å². The molecule has 0 saturated carbocycles. The van der Waals surface area contributed by atoms with E-state index in [1.165, 1.54) is 18.5 Å². The minimum atomic E-state index is -3.63. The summed E-state index contributed by atoms with van der Waals surface area (Å²) < 4.78 is 43.2. The smallest absolute Gasteiger partial charge is 0.306 e. The van der Waals surface area contributed by atoms with Gasteiger partial charge in [-0.3, -0.25) is 4.79 Å². The molecule has 0 unspecified atom stereocenters. The van der Waals surface area contributed by atoms with Crippen LogP contribution in [0.3, 0.4) is 0 Å². The Morgan fingerprint density at radius 2 is 2.05 bits per heavy atom. The third-order valence-corrected chi connectivity index (χ3v) is 5.71. The van der Waals surface area contributed by atoms with Crippen LogP contribution in [-0.4, -0.2) is 75.8 Å². The van der Waals surface area contributed by atoms with Crippen LogP contribution in [0.15, 0.2) is 0 Å². The third kappa shape index (κ3) is 3.72. The molecule has 0 radical (unpaired) electrons. The van der Waals surface area contributed by atoms with Crippen LogP contribution in [0.4, 0.5) is 0 Å². The van der Waals surface area contributed by atoms with Crippen molar-refractivity contribution < 1.29 is 27.4 Å². The molecule has 8 nitrogen and oxygen atoms in total. The van der Waals surface area contributed by atoms with Gasteiger partial charge in [-0.05, 0) is 6.42 Å². The summed E-state index contributed by atoms with van der Waals surface area (Å²) in [5.41, 5.74) is 0. The lowest BCUT2D eigenvalue weighted by atomic mass is 10.1. The van der Waals surface area contributed by atoms with Gasteiger partial charge in [0.1, 0.15) is 0 Å². The molecular weight excluding hydrogens is 300 g/mol. The summed E-state index contributed by atoms with van der Waals surface area (Å²) in [6, 6.07) is 0. The number of ether oxygens (including phenoxy) is 3.